The lowest BCUT2D eigenvalue weighted by Crippen LogP contribution is -2.08. The van der Waals surface area contributed by atoms with E-state index in [1.54, 1.807) is 0 Å². The lowest BCUT2D eigenvalue weighted by Gasteiger charge is -2.12. The summed E-state index contributed by atoms with van der Waals surface area (Å²) in [7, 11) is 3.92. The van der Waals surface area contributed by atoms with Gasteiger partial charge in [0.2, 0.25) is 0 Å². The molecule has 0 aromatic heterocycles. The van der Waals surface area contributed by atoms with Crippen molar-refractivity contribution in [2.45, 2.75) is 0 Å². The van der Waals surface area contributed by atoms with Crippen molar-refractivity contribution in [3.05, 3.63) is 40.3 Å². The van der Waals surface area contributed by atoms with Crippen LogP contribution in [-0.4, -0.2) is 19.1 Å². The van der Waals surface area contributed by atoms with Crippen molar-refractivity contribution in [2.75, 3.05) is 19.0 Å². The van der Waals surface area contributed by atoms with E-state index in [4.69, 9.17) is 17.7 Å². The van der Waals surface area contributed by atoms with Gasteiger partial charge in [0.15, 0.2) is 0 Å². The molecule has 0 atom stereocenters. The highest BCUT2D eigenvalue weighted by Crippen LogP contribution is 2.13. The van der Waals surface area contributed by atoms with E-state index in [0.717, 1.165) is 11.3 Å². The molecule has 1 rings (SSSR count). The fourth-order valence-corrected chi connectivity index (χ4v) is 1.17. The van der Waals surface area contributed by atoms with Crippen LogP contribution in [0.1, 0.15) is 5.56 Å². The molecule has 0 aliphatic heterocycles. The van der Waals surface area contributed by atoms with E-state index in [1.165, 1.54) is 0 Å². The van der Waals surface area contributed by atoms with Crippen LogP contribution in [0.25, 0.3) is 10.4 Å². The van der Waals surface area contributed by atoms with E-state index in [9.17, 15) is 0 Å². The van der Waals surface area contributed by atoms with Gasteiger partial charge in [-0.05, 0) is 28.3 Å². The van der Waals surface area contributed by atoms with Gasteiger partial charge in [-0.25, -0.2) is 0 Å². The molecule has 4 nitrogen and oxygen atoms in total. The minimum absolute atomic E-state index is 0.276. The maximum absolute atomic E-state index is 8.20. The van der Waals surface area contributed by atoms with Gasteiger partial charge in [0.05, 0.1) is 0 Å². The van der Waals surface area contributed by atoms with Crippen molar-refractivity contribution in [2.24, 2.45) is 5.11 Å². The Labute approximate surface area is 87.8 Å². The summed E-state index contributed by atoms with van der Waals surface area (Å²) >= 11 is 4.89. The molecule has 0 amide bonds. The van der Waals surface area contributed by atoms with E-state index < -0.39 is 0 Å². The van der Waals surface area contributed by atoms with Gasteiger partial charge in [0, 0.05) is 24.7 Å². The van der Waals surface area contributed by atoms with E-state index in [2.05, 4.69) is 10.0 Å². The second-order valence-electron chi connectivity index (χ2n) is 2.94. The van der Waals surface area contributed by atoms with Crippen LogP contribution >= 0.6 is 12.2 Å². The predicted molar refractivity (Wildman–Crippen MR) is 61.6 cm³/mol. The molecule has 0 saturated carbocycles. The Morgan fingerprint density at radius 3 is 2.36 bits per heavy atom. The van der Waals surface area contributed by atoms with Gasteiger partial charge >= 0.3 is 0 Å². The number of hydrogen-bond donors (Lipinski definition) is 0. The number of azide groups is 1. The summed E-state index contributed by atoms with van der Waals surface area (Å²) in [4.78, 5) is 4.91. The van der Waals surface area contributed by atoms with Gasteiger partial charge in [0.1, 0.15) is 4.99 Å². The molecule has 0 heterocycles. The lowest BCUT2D eigenvalue weighted by atomic mass is 10.2. The fraction of sp³-hybridized carbons (Fsp3) is 0.222. The first-order chi connectivity index (χ1) is 6.65. The molecule has 0 fully saturated rings. The number of rotatable bonds is 2. The van der Waals surface area contributed by atoms with Crippen molar-refractivity contribution < 1.29 is 0 Å². The van der Waals surface area contributed by atoms with Crippen LogP contribution in [0.3, 0.4) is 0 Å². The third-order valence-electron chi connectivity index (χ3n) is 1.77. The average molecular weight is 206 g/mol. The summed E-state index contributed by atoms with van der Waals surface area (Å²) in [5.41, 5.74) is 10.1. The highest BCUT2D eigenvalue weighted by molar-refractivity contribution is 7.80. The van der Waals surface area contributed by atoms with Crippen LogP contribution in [0, 0.1) is 0 Å². The summed E-state index contributed by atoms with van der Waals surface area (Å²) in [5, 5.41) is 3.37. The van der Waals surface area contributed by atoms with Crippen LogP contribution < -0.4 is 4.90 Å². The molecule has 1 aromatic rings. The van der Waals surface area contributed by atoms with Gasteiger partial charge in [-0.2, -0.15) is 0 Å². The number of anilines is 1. The van der Waals surface area contributed by atoms with E-state index in [1.807, 2.05) is 43.3 Å². The molecular formula is C9H10N4S. The molecule has 0 spiro atoms. The molecule has 0 N–H and O–H groups in total. The Hall–Kier alpha value is -1.58. The van der Waals surface area contributed by atoms with Crippen molar-refractivity contribution in [1.82, 2.24) is 0 Å². The smallest absolute Gasteiger partial charge is 0.108 e. The minimum atomic E-state index is 0.276. The second-order valence-corrected chi connectivity index (χ2v) is 3.32. The average Bonchev–Trinajstić information content (AvgIpc) is 2.18. The monoisotopic (exact) mass is 206 g/mol. The first kappa shape index (κ1) is 10.5. The zero-order valence-electron chi connectivity index (χ0n) is 8.01. The summed E-state index contributed by atoms with van der Waals surface area (Å²) in [6, 6.07) is 7.53. The molecule has 0 bridgehead atoms. The third-order valence-corrected chi connectivity index (χ3v) is 2.08. The highest BCUT2D eigenvalue weighted by Gasteiger charge is 1.99. The van der Waals surface area contributed by atoms with Gasteiger partial charge in [-0.1, -0.05) is 24.4 Å². The topological polar surface area (TPSA) is 52.0 Å². The summed E-state index contributed by atoms with van der Waals surface area (Å²) in [6.07, 6.45) is 0. The SMILES string of the molecule is CN(C)c1ccc(C(=S)N=[N+]=[N-])cc1. The minimum Gasteiger partial charge on any atom is -0.378 e. The normalized spacial score (nSPS) is 9.00. The van der Waals surface area contributed by atoms with Crippen LogP contribution in [-0.2, 0) is 0 Å². The standard InChI is InChI=1S/C9H10N4S/c1-13(2)8-5-3-7(4-6-8)9(14)11-12-10/h3-6H,1-2H3. The molecule has 72 valence electrons. The zero-order chi connectivity index (χ0) is 10.6. The van der Waals surface area contributed by atoms with Gasteiger partial charge in [-0.3, -0.25) is 0 Å². The van der Waals surface area contributed by atoms with Gasteiger partial charge in [-0.15, -0.1) is 0 Å². The fourth-order valence-electron chi connectivity index (χ4n) is 1.00. The molecule has 0 aliphatic rings. The molecular weight excluding hydrogens is 196 g/mol. The maximum Gasteiger partial charge on any atom is 0.108 e. The van der Waals surface area contributed by atoms with Crippen molar-refractivity contribution in [3.8, 4) is 0 Å². The Morgan fingerprint density at radius 1 is 1.36 bits per heavy atom. The maximum atomic E-state index is 8.20. The lowest BCUT2D eigenvalue weighted by molar-refractivity contribution is 1.13. The Bertz CT molecular complexity index is 376. The molecule has 1 aromatic carbocycles. The van der Waals surface area contributed by atoms with E-state index >= 15 is 0 Å². The van der Waals surface area contributed by atoms with Crippen LogP contribution in [0.2, 0.25) is 0 Å². The number of benzene rings is 1. The Morgan fingerprint density at radius 2 is 1.93 bits per heavy atom. The van der Waals surface area contributed by atoms with Crippen molar-refractivity contribution in [1.29, 1.82) is 0 Å². The first-order valence-corrected chi connectivity index (χ1v) is 4.43. The largest absolute Gasteiger partial charge is 0.378 e. The summed E-state index contributed by atoms with van der Waals surface area (Å²) in [6.45, 7) is 0. The third kappa shape index (κ3) is 2.45. The first-order valence-electron chi connectivity index (χ1n) is 4.02. The predicted octanol–water partition coefficient (Wildman–Crippen LogP) is 2.74. The van der Waals surface area contributed by atoms with Crippen LogP contribution in [0.15, 0.2) is 29.4 Å². The molecule has 5 heteroatoms. The molecule has 0 radical (unpaired) electrons. The molecule has 0 saturated heterocycles. The number of hydrogen-bond acceptors (Lipinski definition) is 2. The summed E-state index contributed by atoms with van der Waals surface area (Å²) in [5.74, 6) is 0. The van der Waals surface area contributed by atoms with Crippen molar-refractivity contribution >= 4 is 22.9 Å². The molecule has 0 unspecified atom stereocenters. The zero-order valence-corrected chi connectivity index (χ0v) is 8.82. The van der Waals surface area contributed by atoms with E-state index in [0.29, 0.717) is 0 Å². The van der Waals surface area contributed by atoms with Gasteiger partial charge < -0.3 is 4.90 Å². The summed E-state index contributed by atoms with van der Waals surface area (Å²) < 4.78 is 0. The molecule has 0 aliphatic carbocycles. The number of nitrogens with zero attached hydrogens (tertiary/aromatic N) is 4. The van der Waals surface area contributed by atoms with Crippen LogP contribution in [0.4, 0.5) is 5.69 Å². The van der Waals surface area contributed by atoms with E-state index in [-0.39, 0.29) is 4.99 Å². The molecule has 14 heavy (non-hydrogen) atoms. The highest BCUT2D eigenvalue weighted by atomic mass is 32.1. The quantitative estimate of drug-likeness (QED) is 0.323. The van der Waals surface area contributed by atoms with Gasteiger partial charge in [0.25, 0.3) is 0 Å². The Balaban J connectivity index is 2.93. The second kappa shape index (κ2) is 4.60. The Kier molecular flexibility index (Phi) is 3.45. The van der Waals surface area contributed by atoms with Crippen LogP contribution in [0.5, 0.6) is 0 Å². The van der Waals surface area contributed by atoms with Crippen molar-refractivity contribution in [3.63, 3.8) is 0 Å². The number of thiocarbonyl (C=S) groups is 1.